The number of nitrogens with zero attached hydrogens (tertiary/aromatic N) is 2. The summed E-state index contributed by atoms with van der Waals surface area (Å²) in [5, 5.41) is 3.16. The second-order valence-corrected chi connectivity index (χ2v) is 5.20. The van der Waals surface area contributed by atoms with Crippen molar-refractivity contribution in [2.75, 3.05) is 26.3 Å². The summed E-state index contributed by atoms with van der Waals surface area (Å²) in [7, 11) is 0. The second-order valence-electron chi connectivity index (χ2n) is 5.20. The lowest BCUT2D eigenvalue weighted by Gasteiger charge is -2.10. The van der Waals surface area contributed by atoms with E-state index in [1.165, 1.54) is 11.0 Å². The quantitative estimate of drug-likeness (QED) is 0.320. The van der Waals surface area contributed by atoms with Crippen LogP contribution in [0.3, 0.4) is 0 Å². The number of ether oxygens (including phenoxy) is 1. The third kappa shape index (κ3) is 4.37. The predicted molar refractivity (Wildman–Crippen MR) is 88.8 cm³/mol. The molecule has 0 bridgehead atoms. The highest BCUT2D eigenvalue weighted by Crippen LogP contribution is 2.13. The van der Waals surface area contributed by atoms with Crippen LogP contribution in [0.2, 0.25) is 0 Å². The lowest BCUT2D eigenvalue weighted by atomic mass is 10.2. The highest BCUT2D eigenvalue weighted by atomic mass is 127. The molecular formula is C18H22IN3O. The molecule has 1 saturated heterocycles. The maximum Gasteiger partial charge on any atom is 0.231 e. The number of para-hydroxylation sites is 4. The Morgan fingerprint density at radius 1 is 0.957 bits per heavy atom. The van der Waals surface area contributed by atoms with Crippen LogP contribution in [-0.2, 0) is 11.3 Å². The minimum atomic E-state index is 0. The minimum absolute atomic E-state index is 0. The molecule has 5 heteroatoms. The molecule has 1 fully saturated rings. The lowest BCUT2D eigenvalue weighted by molar-refractivity contribution is -0.641. The molecule has 122 valence electrons. The SMILES string of the molecule is C1COCCN1.CC[n+]1c2ccccc2nc2ccccc21.[I-]. The van der Waals surface area contributed by atoms with Gasteiger partial charge in [0, 0.05) is 25.2 Å². The summed E-state index contributed by atoms with van der Waals surface area (Å²) in [5.41, 5.74) is 4.51. The maximum atomic E-state index is 5.01. The number of benzene rings is 2. The van der Waals surface area contributed by atoms with Gasteiger partial charge in [-0.2, -0.15) is 4.57 Å². The predicted octanol–water partition coefficient (Wildman–Crippen LogP) is -0.694. The standard InChI is InChI=1S/C14H13N2.C4H9NO.HI/c1-2-16-13-9-5-3-7-11(13)15-12-8-4-6-10-14(12)16;1-3-6-4-2-5-1;/h3-10H,2H2,1H3;5H,1-4H2;1H/q+1;;/p-1. The van der Waals surface area contributed by atoms with Gasteiger partial charge in [-0.1, -0.05) is 24.3 Å². The van der Waals surface area contributed by atoms with E-state index in [9.17, 15) is 0 Å². The van der Waals surface area contributed by atoms with Gasteiger partial charge in [-0.3, -0.25) is 0 Å². The zero-order valence-electron chi connectivity index (χ0n) is 13.3. The van der Waals surface area contributed by atoms with Crippen LogP contribution < -0.4 is 33.9 Å². The molecule has 4 rings (SSSR count). The number of morpholine rings is 1. The molecule has 0 aliphatic carbocycles. The van der Waals surface area contributed by atoms with Crippen molar-refractivity contribution < 1.29 is 33.3 Å². The summed E-state index contributed by atoms with van der Waals surface area (Å²) in [6.45, 7) is 6.96. The molecule has 1 N–H and O–H groups in total. The van der Waals surface area contributed by atoms with Crippen LogP contribution in [0.15, 0.2) is 48.5 Å². The zero-order valence-corrected chi connectivity index (χ0v) is 15.5. The Labute approximate surface area is 153 Å². The van der Waals surface area contributed by atoms with Gasteiger partial charge >= 0.3 is 0 Å². The van der Waals surface area contributed by atoms with Gasteiger partial charge in [-0.15, -0.1) is 0 Å². The van der Waals surface area contributed by atoms with E-state index in [4.69, 9.17) is 4.74 Å². The molecule has 0 atom stereocenters. The van der Waals surface area contributed by atoms with Crippen molar-refractivity contribution in [2.24, 2.45) is 0 Å². The Bertz CT molecular complexity index is 694. The van der Waals surface area contributed by atoms with Gasteiger partial charge in [0.05, 0.1) is 13.2 Å². The number of halogens is 1. The number of aromatic nitrogens is 2. The average Bonchev–Trinajstić information content (AvgIpc) is 2.61. The number of rotatable bonds is 1. The van der Waals surface area contributed by atoms with Crippen LogP contribution in [0.1, 0.15) is 6.92 Å². The lowest BCUT2D eigenvalue weighted by Crippen LogP contribution is -3.00. The molecule has 0 radical (unpaired) electrons. The first-order valence-electron chi connectivity index (χ1n) is 7.86. The van der Waals surface area contributed by atoms with Crippen molar-refractivity contribution in [3.8, 4) is 0 Å². The number of aryl methyl sites for hydroxylation is 1. The topological polar surface area (TPSA) is 38.0 Å². The van der Waals surface area contributed by atoms with E-state index < -0.39 is 0 Å². The Kier molecular flexibility index (Phi) is 7.14. The fraction of sp³-hybridized carbons (Fsp3) is 0.333. The minimum Gasteiger partial charge on any atom is -1.00 e. The highest BCUT2D eigenvalue weighted by molar-refractivity contribution is 5.81. The van der Waals surface area contributed by atoms with Gasteiger partial charge in [0.15, 0.2) is 0 Å². The largest absolute Gasteiger partial charge is 1.00 e. The van der Waals surface area contributed by atoms with E-state index in [2.05, 4.69) is 58.2 Å². The maximum absolute atomic E-state index is 5.01. The monoisotopic (exact) mass is 423 g/mol. The van der Waals surface area contributed by atoms with Crippen LogP contribution in [-0.4, -0.2) is 31.3 Å². The molecule has 1 aliphatic rings. The molecule has 3 aromatic rings. The first-order chi connectivity index (χ1) is 10.9. The average molecular weight is 423 g/mol. The van der Waals surface area contributed by atoms with Crippen LogP contribution >= 0.6 is 0 Å². The summed E-state index contributed by atoms with van der Waals surface area (Å²) < 4.78 is 7.31. The number of nitrogens with one attached hydrogen (secondary N) is 1. The molecule has 2 aromatic carbocycles. The van der Waals surface area contributed by atoms with Crippen molar-refractivity contribution in [2.45, 2.75) is 13.5 Å². The number of fused-ring (bicyclic) bond motifs is 2. The van der Waals surface area contributed by atoms with E-state index in [1.807, 2.05) is 12.1 Å². The molecular weight excluding hydrogens is 401 g/mol. The number of hydrogen-bond donors (Lipinski definition) is 1. The van der Waals surface area contributed by atoms with Gasteiger partial charge < -0.3 is 34.0 Å². The van der Waals surface area contributed by atoms with Crippen LogP contribution in [0.4, 0.5) is 0 Å². The summed E-state index contributed by atoms with van der Waals surface area (Å²) in [6.07, 6.45) is 0. The molecule has 2 heterocycles. The Hall–Kier alpha value is -1.31. The third-order valence-corrected chi connectivity index (χ3v) is 3.75. The number of hydrogen-bond acceptors (Lipinski definition) is 3. The molecule has 0 spiro atoms. The summed E-state index contributed by atoms with van der Waals surface area (Å²) in [4.78, 5) is 4.67. The highest BCUT2D eigenvalue weighted by Gasteiger charge is 2.13. The zero-order chi connectivity index (χ0) is 15.2. The van der Waals surface area contributed by atoms with Crippen molar-refractivity contribution in [3.63, 3.8) is 0 Å². The van der Waals surface area contributed by atoms with Crippen molar-refractivity contribution in [1.82, 2.24) is 10.3 Å². The van der Waals surface area contributed by atoms with E-state index in [0.717, 1.165) is 43.9 Å². The van der Waals surface area contributed by atoms with E-state index in [-0.39, 0.29) is 24.0 Å². The fourth-order valence-corrected chi connectivity index (χ4v) is 2.69. The molecule has 1 aliphatic heterocycles. The Balaban J connectivity index is 0.000000234. The van der Waals surface area contributed by atoms with Gasteiger partial charge in [0.25, 0.3) is 0 Å². The molecule has 0 saturated carbocycles. The van der Waals surface area contributed by atoms with Gasteiger partial charge in [-0.25, -0.2) is 4.98 Å². The van der Waals surface area contributed by atoms with Crippen LogP contribution in [0, 0.1) is 0 Å². The molecule has 23 heavy (non-hydrogen) atoms. The smallest absolute Gasteiger partial charge is 0.231 e. The summed E-state index contributed by atoms with van der Waals surface area (Å²) in [6, 6.07) is 16.6. The molecule has 0 unspecified atom stereocenters. The van der Waals surface area contributed by atoms with E-state index in [0.29, 0.717) is 0 Å². The Morgan fingerprint density at radius 2 is 1.48 bits per heavy atom. The van der Waals surface area contributed by atoms with Gasteiger partial charge in [0.1, 0.15) is 17.6 Å². The van der Waals surface area contributed by atoms with Gasteiger partial charge in [0.2, 0.25) is 11.0 Å². The fourth-order valence-electron chi connectivity index (χ4n) is 2.69. The second kappa shape index (κ2) is 9.10. The Morgan fingerprint density at radius 3 is 1.87 bits per heavy atom. The summed E-state index contributed by atoms with van der Waals surface area (Å²) >= 11 is 0. The van der Waals surface area contributed by atoms with E-state index >= 15 is 0 Å². The molecule has 0 amide bonds. The van der Waals surface area contributed by atoms with E-state index in [1.54, 1.807) is 0 Å². The first kappa shape index (κ1) is 18.0. The third-order valence-electron chi connectivity index (χ3n) is 3.75. The molecule has 4 nitrogen and oxygen atoms in total. The van der Waals surface area contributed by atoms with Crippen LogP contribution in [0.5, 0.6) is 0 Å². The summed E-state index contributed by atoms with van der Waals surface area (Å²) in [5.74, 6) is 0. The normalized spacial score (nSPS) is 14.0. The van der Waals surface area contributed by atoms with Crippen LogP contribution in [0.25, 0.3) is 22.1 Å². The van der Waals surface area contributed by atoms with Gasteiger partial charge in [-0.05, 0) is 19.1 Å². The molecule has 1 aromatic heterocycles. The van der Waals surface area contributed by atoms with Crippen molar-refractivity contribution in [3.05, 3.63) is 48.5 Å². The first-order valence-corrected chi connectivity index (χ1v) is 7.86. The van der Waals surface area contributed by atoms with Crippen molar-refractivity contribution >= 4 is 22.1 Å². The van der Waals surface area contributed by atoms with Crippen molar-refractivity contribution in [1.29, 1.82) is 0 Å².